The van der Waals surface area contributed by atoms with E-state index < -0.39 is 5.92 Å². The molecule has 1 unspecified atom stereocenters. The van der Waals surface area contributed by atoms with Crippen LogP contribution in [-0.4, -0.2) is 12.5 Å². The van der Waals surface area contributed by atoms with Crippen LogP contribution in [0.25, 0.3) is 0 Å². The minimum absolute atomic E-state index is 0.0425. The fourth-order valence-corrected chi connectivity index (χ4v) is 2.09. The Balaban J connectivity index is 2.43. The summed E-state index contributed by atoms with van der Waals surface area (Å²) in [6.07, 6.45) is 0.765. The lowest BCUT2D eigenvalue weighted by molar-refractivity contribution is -0.124. The lowest BCUT2D eigenvalue weighted by Crippen LogP contribution is -2.34. The zero-order chi connectivity index (χ0) is 13.5. The van der Waals surface area contributed by atoms with E-state index in [9.17, 15) is 4.79 Å². The lowest BCUT2D eigenvalue weighted by atomic mass is 9.96. The molecule has 0 aliphatic carbocycles. The molecule has 18 heavy (non-hydrogen) atoms. The van der Waals surface area contributed by atoms with Crippen molar-refractivity contribution in [3.8, 4) is 6.07 Å². The molecule has 1 aromatic rings. The normalized spacial score (nSPS) is 11.9. The monoisotopic (exact) mass is 308 g/mol. The molecule has 0 aliphatic rings. The average molecular weight is 309 g/mol. The Kier molecular flexibility index (Phi) is 5.87. The third kappa shape index (κ3) is 4.50. The zero-order valence-electron chi connectivity index (χ0n) is 10.6. The van der Waals surface area contributed by atoms with Crippen molar-refractivity contribution < 1.29 is 4.79 Å². The van der Waals surface area contributed by atoms with Crippen molar-refractivity contribution >= 4 is 21.8 Å². The van der Waals surface area contributed by atoms with Crippen LogP contribution < -0.4 is 5.32 Å². The molecule has 0 fully saturated rings. The van der Waals surface area contributed by atoms with E-state index in [1.165, 1.54) is 0 Å². The van der Waals surface area contributed by atoms with Crippen LogP contribution in [0, 0.1) is 23.2 Å². The highest BCUT2D eigenvalue weighted by Gasteiger charge is 2.20. The summed E-state index contributed by atoms with van der Waals surface area (Å²) in [5.74, 6) is -0.698. The number of halogens is 1. The average Bonchev–Trinajstić information content (AvgIpc) is 2.29. The molecule has 0 bridgehead atoms. The number of amides is 1. The van der Waals surface area contributed by atoms with Crippen molar-refractivity contribution in [2.45, 2.75) is 20.3 Å². The number of nitriles is 1. The molecule has 0 saturated carbocycles. The Morgan fingerprint density at radius 1 is 1.50 bits per heavy atom. The highest BCUT2D eigenvalue weighted by Crippen LogP contribution is 2.12. The molecular weight excluding hydrogens is 292 g/mol. The van der Waals surface area contributed by atoms with Crippen LogP contribution in [0.15, 0.2) is 28.7 Å². The minimum atomic E-state index is -0.562. The number of hydrogen-bond donors (Lipinski definition) is 1. The van der Waals surface area contributed by atoms with Gasteiger partial charge in [-0.1, -0.05) is 41.9 Å². The van der Waals surface area contributed by atoms with Crippen LogP contribution in [0.3, 0.4) is 0 Å². The van der Waals surface area contributed by atoms with Gasteiger partial charge in [0.25, 0.3) is 0 Å². The van der Waals surface area contributed by atoms with Gasteiger partial charge >= 0.3 is 0 Å². The van der Waals surface area contributed by atoms with Gasteiger partial charge in [0.2, 0.25) is 5.91 Å². The molecule has 1 amide bonds. The molecule has 1 atom stereocenters. The highest BCUT2D eigenvalue weighted by atomic mass is 79.9. The van der Waals surface area contributed by atoms with Crippen LogP contribution in [-0.2, 0) is 11.2 Å². The van der Waals surface area contributed by atoms with Gasteiger partial charge in [0.05, 0.1) is 6.07 Å². The second kappa shape index (κ2) is 7.17. The third-order valence-corrected chi connectivity index (χ3v) is 3.18. The molecule has 0 spiro atoms. The Labute approximate surface area is 116 Å². The Morgan fingerprint density at radius 3 is 2.78 bits per heavy atom. The van der Waals surface area contributed by atoms with Crippen molar-refractivity contribution in [1.82, 2.24) is 5.32 Å². The van der Waals surface area contributed by atoms with E-state index in [0.717, 1.165) is 16.5 Å². The van der Waals surface area contributed by atoms with E-state index in [0.29, 0.717) is 6.54 Å². The van der Waals surface area contributed by atoms with Gasteiger partial charge < -0.3 is 5.32 Å². The molecular formula is C14H17BrN2O. The number of carbonyl (C=O) groups is 1. The van der Waals surface area contributed by atoms with E-state index in [1.54, 1.807) is 0 Å². The van der Waals surface area contributed by atoms with Crippen molar-refractivity contribution in [3.63, 3.8) is 0 Å². The molecule has 0 aromatic heterocycles. The van der Waals surface area contributed by atoms with Crippen LogP contribution in [0.2, 0.25) is 0 Å². The van der Waals surface area contributed by atoms with Gasteiger partial charge in [0, 0.05) is 11.0 Å². The van der Waals surface area contributed by atoms with E-state index in [2.05, 4.69) is 21.2 Å². The molecule has 0 radical (unpaired) electrons. The first kappa shape index (κ1) is 14.7. The molecule has 1 N–H and O–H groups in total. The number of hydrogen-bond acceptors (Lipinski definition) is 2. The summed E-state index contributed by atoms with van der Waals surface area (Å²) >= 11 is 3.41. The van der Waals surface area contributed by atoms with Gasteiger partial charge in [-0.05, 0) is 30.0 Å². The van der Waals surface area contributed by atoms with Gasteiger partial charge in [0.1, 0.15) is 5.92 Å². The molecule has 1 rings (SSSR count). The third-order valence-electron chi connectivity index (χ3n) is 2.69. The summed E-state index contributed by atoms with van der Waals surface area (Å²) in [5, 5.41) is 11.7. The standard InChI is InChI=1S/C14H17BrN2O/c1-10(2)13(9-16)14(18)17-7-6-11-4-3-5-12(15)8-11/h3-5,8,10,13H,6-7H2,1-2H3,(H,17,18). The summed E-state index contributed by atoms with van der Waals surface area (Å²) in [6, 6.07) is 10.0. The fourth-order valence-electron chi connectivity index (χ4n) is 1.64. The molecule has 3 nitrogen and oxygen atoms in total. The van der Waals surface area contributed by atoms with E-state index in [1.807, 2.05) is 44.2 Å². The SMILES string of the molecule is CC(C)C(C#N)C(=O)NCCc1cccc(Br)c1. The van der Waals surface area contributed by atoms with E-state index in [-0.39, 0.29) is 11.8 Å². The van der Waals surface area contributed by atoms with Crippen LogP contribution >= 0.6 is 15.9 Å². The topological polar surface area (TPSA) is 52.9 Å². The maximum Gasteiger partial charge on any atom is 0.237 e. The Hall–Kier alpha value is -1.34. The summed E-state index contributed by atoms with van der Waals surface area (Å²) in [5.41, 5.74) is 1.16. The maximum atomic E-state index is 11.7. The second-order valence-electron chi connectivity index (χ2n) is 4.52. The largest absolute Gasteiger partial charge is 0.355 e. The number of nitrogens with one attached hydrogen (secondary N) is 1. The quantitative estimate of drug-likeness (QED) is 0.909. The smallest absolute Gasteiger partial charge is 0.237 e. The van der Waals surface area contributed by atoms with Crippen molar-refractivity contribution in [1.29, 1.82) is 5.26 Å². The summed E-state index contributed by atoms with van der Waals surface area (Å²) in [7, 11) is 0. The summed E-state index contributed by atoms with van der Waals surface area (Å²) < 4.78 is 1.03. The molecule has 1 aromatic carbocycles. The van der Waals surface area contributed by atoms with Gasteiger partial charge in [-0.25, -0.2) is 0 Å². The maximum absolute atomic E-state index is 11.7. The van der Waals surface area contributed by atoms with Crippen LogP contribution in [0.1, 0.15) is 19.4 Å². The fraction of sp³-hybridized carbons (Fsp3) is 0.429. The van der Waals surface area contributed by atoms with Crippen molar-refractivity contribution in [2.24, 2.45) is 11.8 Å². The molecule has 0 aliphatic heterocycles. The molecule has 96 valence electrons. The number of rotatable bonds is 5. The van der Waals surface area contributed by atoms with Crippen molar-refractivity contribution in [2.75, 3.05) is 6.54 Å². The second-order valence-corrected chi connectivity index (χ2v) is 5.44. The van der Waals surface area contributed by atoms with Gasteiger partial charge in [-0.2, -0.15) is 5.26 Å². The predicted molar refractivity (Wildman–Crippen MR) is 74.8 cm³/mol. The first-order valence-corrected chi connectivity index (χ1v) is 6.75. The summed E-state index contributed by atoms with van der Waals surface area (Å²) in [6.45, 7) is 4.31. The first-order valence-electron chi connectivity index (χ1n) is 5.96. The van der Waals surface area contributed by atoms with E-state index in [4.69, 9.17) is 5.26 Å². The molecule has 0 saturated heterocycles. The predicted octanol–water partition coefficient (Wildman–Crippen LogP) is 2.90. The van der Waals surface area contributed by atoms with Gasteiger partial charge in [-0.3, -0.25) is 4.79 Å². The molecule has 0 heterocycles. The summed E-state index contributed by atoms with van der Waals surface area (Å²) in [4.78, 5) is 11.7. The zero-order valence-corrected chi connectivity index (χ0v) is 12.2. The van der Waals surface area contributed by atoms with Crippen LogP contribution in [0.5, 0.6) is 0 Å². The number of nitrogens with zero attached hydrogens (tertiary/aromatic N) is 1. The lowest BCUT2D eigenvalue weighted by Gasteiger charge is -2.13. The Bertz CT molecular complexity index is 451. The van der Waals surface area contributed by atoms with Gasteiger partial charge in [0.15, 0.2) is 0 Å². The number of carbonyl (C=O) groups excluding carboxylic acids is 1. The molecule has 4 heteroatoms. The van der Waals surface area contributed by atoms with E-state index >= 15 is 0 Å². The van der Waals surface area contributed by atoms with Crippen LogP contribution in [0.4, 0.5) is 0 Å². The first-order chi connectivity index (χ1) is 8.54. The van der Waals surface area contributed by atoms with Crippen molar-refractivity contribution in [3.05, 3.63) is 34.3 Å². The number of benzene rings is 1. The minimum Gasteiger partial charge on any atom is -0.355 e. The van der Waals surface area contributed by atoms with Gasteiger partial charge in [-0.15, -0.1) is 0 Å². The Morgan fingerprint density at radius 2 is 2.22 bits per heavy atom. The highest BCUT2D eigenvalue weighted by molar-refractivity contribution is 9.10.